The Hall–Kier alpha value is -1.12. The van der Waals surface area contributed by atoms with Crippen LogP contribution >= 0.6 is 0 Å². The molecule has 1 aliphatic heterocycles. The number of methoxy groups -OCH3 is 1. The molecule has 0 aromatic heterocycles. The van der Waals surface area contributed by atoms with Crippen molar-refractivity contribution in [3.05, 3.63) is 42.5 Å². The van der Waals surface area contributed by atoms with Gasteiger partial charge in [0.1, 0.15) is 5.75 Å². The summed E-state index contributed by atoms with van der Waals surface area (Å²) in [5.74, 6) is 2.87. The summed E-state index contributed by atoms with van der Waals surface area (Å²) in [6.07, 6.45) is 9.65. The predicted octanol–water partition coefficient (Wildman–Crippen LogP) is 9.33. The van der Waals surface area contributed by atoms with Crippen LogP contribution < -0.4 is 4.74 Å². The predicted molar refractivity (Wildman–Crippen MR) is 181 cm³/mol. The van der Waals surface area contributed by atoms with E-state index in [9.17, 15) is 0 Å². The number of hydrogen-bond donors (Lipinski definition) is 0. The van der Waals surface area contributed by atoms with E-state index in [1.165, 1.54) is 6.42 Å². The van der Waals surface area contributed by atoms with Gasteiger partial charge in [-0.25, -0.2) is 0 Å². The van der Waals surface area contributed by atoms with Gasteiger partial charge in [0.2, 0.25) is 0 Å². The molecule has 3 saturated carbocycles. The highest BCUT2D eigenvalue weighted by Gasteiger charge is 2.67. The van der Waals surface area contributed by atoms with Crippen LogP contribution in [0, 0.1) is 29.1 Å². The molecule has 3 aliphatic carbocycles. The largest absolute Gasteiger partial charge is 0.497 e. The minimum atomic E-state index is -1.80. The smallest absolute Gasteiger partial charge is 0.458 e. The van der Waals surface area contributed by atoms with E-state index in [1.54, 1.807) is 7.11 Å². The average Bonchev–Trinajstić information content (AvgIpc) is 3.29. The van der Waals surface area contributed by atoms with Crippen molar-refractivity contribution >= 4 is 15.4 Å². The fourth-order valence-electron chi connectivity index (χ4n) is 7.83. The molecule has 0 spiro atoms. The van der Waals surface area contributed by atoms with Gasteiger partial charge in [-0.1, -0.05) is 59.8 Å². The molecule has 0 radical (unpaired) electrons. The Morgan fingerprint density at radius 3 is 2.42 bits per heavy atom. The highest BCUT2D eigenvalue weighted by Crippen LogP contribution is 2.66. The van der Waals surface area contributed by atoms with Crippen LogP contribution in [0.2, 0.25) is 24.5 Å². The molecule has 7 atom stereocenters. The molecule has 0 amide bonds. The van der Waals surface area contributed by atoms with Gasteiger partial charge in [0.25, 0.3) is 0 Å². The van der Waals surface area contributed by atoms with Crippen molar-refractivity contribution in [2.24, 2.45) is 29.1 Å². The highest BCUT2D eigenvalue weighted by molar-refractivity contribution is 6.74. The van der Waals surface area contributed by atoms with Crippen molar-refractivity contribution < 1.29 is 23.2 Å². The monoisotopic (exact) mass is 612 g/mol. The second-order valence-electron chi connectivity index (χ2n) is 16.1. The Morgan fingerprint density at radius 2 is 1.81 bits per heavy atom. The summed E-state index contributed by atoms with van der Waals surface area (Å²) in [7, 11) is -0.277. The molecule has 1 heterocycles. The molecule has 43 heavy (non-hydrogen) atoms. The minimum Gasteiger partial charge on any atom is -0.497 e. The fourth-order valence-corrected chi connectivity index (χ4v) is 8.92. The third-order valence-electron chi connectivity index (χ3n) is 11.9. The Labute approximate surface area is 265 Å². The zero-order valence-corrected chi connectivity index (χ0v) is 30.0. The Kier molecular flexibility index (Phi) is 11.1. The molecule has 1 saturated heterocycles. The van der Waals surface area contributed by atoms with Gasteiger partial charge in [0.05, 0.1) is 31.5 Å². The highest BCUT2D eigenvalue weighted by atomic mass is 28.4. The molecule has 2 bridgehead atoms. The second-order valence-corrected chi connectivity index (χ2v) is 20.9. The zero-order valence-electron chi connectivity index (χ0n) is 29.0. The van der Waals surface area contributed by atoms with Crippen molar-refractivity contribution in [2.75, 3.05) is 13.7 Å². The van der Waals surface area contributed by atoms with E-state index in [0.29, 0.717) is 29.8 Å². The topological polar surface area (TPSA) is 46.2 Å². The van der Waals surface area contributed by atoms with E-state index in [2.05, 4.69) is 80.3 Å². The summed E-state index contributed by atoms with van der Waals surface area (Å²) >= 11 is 0. The summed E-state index contributed by atoms with van der Waals surface area (Å²) in [5.41, 5.74) is 1.32. The van der Waals surface area contributed by atoms with Crippen LogP contribution in [0.1, 0.15) is 92.6 Å². The third kappa shape index (κ3) is 7.65. The van der Waals surface area contributed by atoms with Crippen LogP contribution in [0.5, 0.6) is 5.75 Å². The minimum absolute atomic E-state index is 0.0858. The van der Waals surface area contributed by atoms with Crippen LogP contribution in [-0.2, 0) is 25.1 Å². The van der Waals surface area contributed by atoms with E-state index >= 15 is 0 Å². The average molecular weight is 613 g/mol. The van der Waals surface area contributed by atoms with Crippen molar-refractivity contribution in [1.29, 1.82) is 0 Å². The van der Waals surface area contributed by atoms with Gasteiger partial charge in [-0.15, -0.1) is 6.58 Å². The van der Waals surface area contributed by atoms with Gasteiger partial charge < -0.3 is 23.2 Å². The lowest BCUT2D eigenvalue weighted by Gasteiger charge is -2.64. The number of hydrogen-bond acceptors (Lipinski definition) is 5. The lowest BCUT2D eigenvalue weighted by atomic mass is 9.43. The lowest BCUT2D eigenvalue weighted by Crippen LogP contribution is -2.65. The molecule has 0 N–H and O–H groups in total. The van der Waals surface area contributed by atoms with Crippen LogP contribution in [-0.4, -0.2) is 47.0 Å². The first-order valence-electron chi connectivity index (χ1n) is 16.9. The molecule has 7 heteroatoms. The van der Waals surface area contributed by atoms with E-state index in [1.807, 2.05) is 18.2 Å². The van der Waals surface area contributed by atoms with Gasteiger partial charge in [-0.2, -0.15) is 0 Å². The molecule has 5 nitrogen and oxygen atoms in total. The van der Waals surface area contributed by atoms with Gasteiger partial charge >= 0.3 is 7.12 Å². The number of allylic oxidation sites excluding steroid dienone is 1. The molecule has 0 unspecified atom stereocenters. The SMILES string of the molecule is C=CCC[C@@H](C)[C@H](OCc1ccc(OC)cc1)[C@H](CCCO[Si](C)(C)C(C)(C)C)CB1O[C@@H]2C[C@@H]3C[C@@H](C3(C)C)[C@]2(C)O1. The summed E-state index contributed by atoms with van der Waals surface area (Å²) in [5, 5.41) is 0.210. The standard InChI is InChI=1S/C36H61BO5Si/c1-12-13-15-26(2)33(39-25-27-17-19-30(38-9)20-18-27)28(16-14-21-40-43(10,11)34(3,4)5)24-37-41-32-23-29-22-31(35(29,6)7)36(32,8)42-37/h12,17-20,26,28-29,31-33H,1,13-16,21-25H2,2-11H3/t26-,28-,29+,31+,32-,33+,36+/m1/s1. The molecule has 5 rings (SSSR count). The third-order valence-corrected chi connectivity index (χ3v) is 16.5. The first-order chi connectivity index (χ1) is 20.1. The normalized spacial score (nSPS) is 28.5. The quantitative estimate of drug-likeness (QED) is 0.106. The van der Waals surface area contributed by atoms with Crippen LogP contribution in [0.25, 0.3) is 0 Å². The van der Waals surface area contributed by atoms with Gasteiger partial charge in [0.15, 0.2) is 8.32 Å². The van der Waals surface area contributed by atoms with E-state index < -0.39 is 8.32 Å². The summed E-state index contributed by atoms with van der Waals surface area (Å²) < 4.78 is 32.6. The summed E-state index contributed by atoms with van der Waals surface area (Å²) in [6, 6.07) is 8.24. The Morgan fingerprint density at radius 1 is 1.12 bits per heavy atom. The summed E-state index contributed by atoms with van der Waals surface area (Å²) in [4.78, 5) is 0. The molecule has 4 aliphatic rings. The van der Waals surface area contributed by atoms with Crippen LogP contribution in [0.4, 0.5) is 0 Å². The maximum absolute atomic E-state index is 6.94. The van der Waals surface area contributed by atoms with Crippen LogP contribution in [0.3, 0.4) is 0 Å². The first-order valence-corrected chi connectivity index (χ1v) is 19.9. The maximum Gasteiger partial charge on any atom is 0.458 e. The lowest BCUT2D eigenvalue weighted by molar-refractivity contribution is -0.199. The number of rotatable bonds is 16. The Balaban J connectivity index is 1.50. The molecular formula is C36H61BO5Si. The Bertz CT molecular complexity index is 1050. The van der Waals surface area contributed by atoms with Crippen molar-refractivity contribution in [2.45, 2.75) is 136 Å². The zero-order chi connectivity index (χ0) is 31.6. The number of benzene rings is 1. The second kappa shape index (κ2) is 13.7. The van der Waals surface area contributed by atoms with Crippen molar-refractivity contribution in [1.82, 2.24) is 0 Å². The van der Waals surface area contributed by atoms with E-state index in [-0.39, 0.29) is 30.0 Å². The number of ether oxygens (including phenoxy) is 2. The summed E-state index contributed by atoms with van der Waals surface area (Å²) in [6.45, 7) is 26.5. The molecular weight excluding hydrogens is 551 g/mol. The molecule has 1 aromatic rings. The van der Waals surface area contributed by atoms with Crippen molar-refractivity contribution in [3.8, 4) is 5.75 Å². The van der Waals surface area contributed by atoms with Gasteiger partial charge in [-0.05, 0) is 117 Å². The van der Waals surface area contributed by atoms with E-state index in [4.69, 9.17) is 23.2 Å². The molecule has 242 valence electrons. The van der Waals surface area contributed by atoms with Gasteiger partial charge in [-0.3, -0.25) is 0 Å². The molecule has 1 aromatic carbocycles. The maximum atomic E-state index is 6.94. The van der Waals surface area contributed by atoms with Crippen molar-refractivity contribution in [3.63, 3.8) is 0 Å². The van der Waals surface area contributed by atoms with Crippen LogP contribution in [0.15, 0.2) is 36.9 Å². The van der Waals surface area contributed by atoms with Gasteiger partial charge in [0, 0.05) is 6.61 Å². The first kappa shape index (κ1) is 34.7. The van der Waals surface area contributed by atoms with E-state index in [0.717, 1.165) is 62.3 Å². The molecule has 4 fully saturated rings. The fraction of sp³-hybridized carbons (Fsp3) is 0.778.